The van der Waals surface area contributed by atoms with Gasteiger partial charge in [-0.25, -0.2) is 0 Å². The number of carbonyl (C=O) groups is 3. The standard InChI is InChI=1S/C24H37N3O4/c1-18-8-7-9-20(12-18)27-17-26(16-23(27)30)22(29)15-25(10-11-31-6)21(28)13-19(2)14-24(3,4)5/h7-9,12,19H,10-11,13-17H2,1-6H3. The second kappa shape index (κ2) is 10.8. The number of rotatable bonds is 9. The monoisotopic (exact) mass is 431 g/mol. The van der Waals surface area contributed by atoms with Crippen LogP contribution in [-0.4, -0.2) is 67.5 Å². The molecule has 1 saturated heterocycles. The molecule has 0 bridgehead atoms. The highest BCUT2D eigenvalue weighted by Crippen LogP contribution is 2.26. The fraction of sp³-hybridized carbons (Fsp3) is 0.625. The van der Waals surface area contributed by atoms with Crippen LogP contribution in [0.5, 0.6) is 0 Å². The zero-order chi connectivity index (χ0) is 23.2. The third-order valence-corrected chi connectivity index (χ3v) is 5.33. The number of benzene rings is 1. The molecule has 0 aromatic heterocycles. The van der Waals surface area contributed by atoms with Gasteiger partial charge in [0, 0.05) is 25.8 Å². The molecule has 1 heterocycles. The Bertz CT molecular complexity index is 787. The number of anilines is 1. The Labute approximate surface area is 186 Å². The SMILES string of the molecule is COCCN(CC(=O)N1CC(=O)N(c2cccc(C)c2)C1)C(=O)CC(C)CC(C)(C)C. The summed E-state index contributed by atoms with van der Waals surface area (Å²) in [5.41, 5.74) is 1.97. The fourth-order valence-electron chi connectivity index (χ4n) is 4.04. The third-order valence-electron chi connectivity index (χ3n) is 5.33. The summed E-state index contributed by atoms with van der Waals surface area (Å²) in [7, 11) is 1.57. The van der Waals surface area contributed by atoms with Gasteiger partial charge in [-0.05, 0) is 42.4 Å². The number of amides is 3. The summed E-state index contributed by atoms with van der Waals surface area (Å²) >= 11 is 0. The molecule has 3 amide bonds. The fourth-order valence-corrected chi connectivity index (χ4v) is 4.04. The van der Waals surface area contributed by atoms with E-state index in [0.717, 1.165) is 17.7 Å². The zero-order valence-corrected chi connectivity index (χ0v) is 19.8. The van der Waals surface area contributed by atoms with Crippen molar-refractivity contribution in [3.63, 3.8) is 0 Å². The van der Waals surface area contributed by atoms with Gasteiger partial charge < -0.3 is 14.5 Å². The van der Waals surface area contributed by atoms with Gasteiger partial charge in [-0.2, -0.15) is 0 Å². The normalized spacial score (nSPS) is 15.4. The van der Waals surface area contributed by atoms with Gasteiger partial charge in [0.15, 0.2) is 0 Å². The van der Waals surface area contributed by atoms with Crippen molar-refractivity contribution in [2.45, 2.75) is 47.5 Å². The summed E-state index contributed by atoms with van der Waals surface area (Å²) in [6, 6.07) is 7.65. The van der Waals surface area contributed by atoms with Crippen molar-refractivity contribution in [2.24, 2.45) is 11.3 Å². The molecular formula is C24H37N3O4. The summed E-state index contributed by atoms with van der Waals surface area (Å²) in [4.78, 5) is 43.0. The lowest BCUT2D eigenvalue weighted by Gasteiger charge is -2.28. The molecule has 1 fully saturated rings. The van der Waals surface area contributed by atoms with E-state index in [1.54, 1.807) is 16.9 Å². The number of ether oxygens (including phenoxy) is 1. The van der Waals surface area contributed by atoms with E-state index in [1.165, 1.54) is 4.90 Å². The maximum Gasteiger partial charge on any atom is 0.248 e. The van der Waals surface area contributed by atoms with Crippen LogP contribution >= 0.6 is 0 Å². The molecule has 0 spiro atoms. The topological polar surface area (TPSA) is 70.2 Å². The molecule has 1 atom stereocenters. The Balaban J connectivity index is 2.01. The van der Waals surface area contributed by atoms with E-state index in [9.17, 15) is 14.4 Å². The summed E-state index contributed by atoms with van der Waals surface area (Å²) in [6.45, 7) is 11.4. The van der Waals surface area contributed by atoms with Crippen molar-refractivity contribution in [3.05, 3.63) is 29.8 Å². The first kappa shape index (κ1) is 24.9. The minimum absolute atomic E-state index is 0.0273. The first-order chi connectivity index (χ1) is 14.5. The second-order valence-corrected chi connectivity index (χ2v) is 9.78. The van der Waals surface area contributed by atoms with Gasteiger partial charge in [-0.3, -0.25) is 19.3 Å². The second-order valence-electron chi connectivity index (χ2n) is 9.78. The minimum atomic E-state index is -0.226. The van der Waals surface area contributed by atoms with Gasteiger partial charge >= 0.3 is 0 Å². The molecule has 1 aliphatic rings. The van der Waals surface area contributed by atoms with Crippen LogP contribution in [0.25, 0.3) is 0 Å². The summed E-state index contributed by atoms with van der Waals surface area (Å²) in [6.07, 6.45) is 1.32. The third kappa shape index (κ3) is 7.65. The average molecular weight is 432 g/mol. The number of nitrogens with zero attached hydrogens (tertiary/aromatic N) is 3. The lowest BCUT2D eigenvalue weighted by molar-refractivity contribution is -0.141. The summed E-state index contributed by atoms with van der Waals surface area (Å²) < 4.78 is 5.14. The highest BCUT2D eigenvalue weighted by Gasteiger charge is 2.33. The Kier molecular flexibility index (Phi) is 8.62. The van der Waals surface area contributed by atoms with Crippen LogP contribution in [-0.2, 0) is 19.1 Å². The Morgan fingerprint density at radius 2 is 1.97 bits per heavy atom. The molecule has 0 radical (unpaired) electrons. The first-order valence-electron chi connectivity index (χ1n) is 10.9. The van der Waals surface area contributed by atoms with E-state index < -0.39 is 0 Å². The minimum Gasteiger partial charge on any atom is -0.383 e. The quantitative estimate of drug-likeness (QED) is 0.603. The van der Waals surface area contributed by atoms with Crippen LogP contribution in [0.3, 0.4) is 0 Å². The van der Waals surface area contributed by atoms with Crippen molar-refractivity contribution in [2.75, 3.05) is 44.9 Å². The predicted octanol–water partition coefficient (Wildman–Crippen LogP) is 3.07. The Morgan fingerprint density at radius 1 is 1.26 bits per heavy atom. The van der Waals surface area contributed by atoms with Crippen LogP contribution < -0.4 is 4.90 Å². The predicted molar refractivity (Wildman–Crippen MR) is 122 cm³/mol. The summed E-state index contributed by atoms with van der Waals surface area (Å²) in [5.74, 6) is -0.176. The number of aryl methyl sites for hydroxylation is 1. The molecule has 31 heavy (non-hydrogen) atoms. The van der Waals surface area contributed by atoms with Gasteiger partial charge in [0.05, 0.1) is 13.2 Å². The molecule has 0 aliphatic carbocycles. The molecule has 0 saturated carbocycles. The zero-order valence-electron chi connectivity index (χ0n) is 19.8. The van der Waals surface area contributed by atoms with E-state index in [4.69, 9.17) is 4.74 Å². The van der Waals surface area contributed by atoms with Crippen molar-refractivity contribution in [1.82, 2.24) is 9.80 Å². The lowest BCUT2D eigenvalue weighted by atomic mass is 9.84. The van der Waals surface area contributed by atoms with Crippen molar-refractivity contribution < 1.29 is 19.1 Å². The average Bonchev–Trinajstić information content (AvgIpc) is 3.05. The van der Waals surface area contributed by atoms with Gasteiger partial charge in [0.25, 0.3) is 0 Å². The van der Waals surface area contributed by atoms with Crippen molar-refractivity contribution in [3.8, 4) is 0 Å². The Hall–Kier alpha value is -2.41. The van der Waals surface area contributed by atoms with E-state index in [2.05, 4.69) is 27.7 Å². The summed E-state index contributed by atoms with van der Waals surface area (Å²) in [5, 5.41) is 0. The molecule has 172 valence electrons. The van der Waals surface area contributed by atoms with Crippen LogP contribution in [0.15, 0.2) is 24.3 Å². The van der Waals surface area contributed by atoms with Crippen molar-refractivity contribution in [1.29, 1.82) is 0 Å². The highest BCUT2D eigenvalue weighted by molar-refractivity contribution is 6.00. The largest absolute Gasteiger partial charge is 0.383 e. The number of methoxy groups -OCH3 is 1. The van der Waals surface area contributed by atoms with Crippen molar-refractivity contribution >= 4 is 23.4 Å². The van der Waals surface area contributed by atoms with Gasteiger partial charge in [0.2, 0.25) is 17.7 Å². The van der Waals surface area contributed by atoms with E-state index >= 15 is 0 Å². The van der Waals surface area contributed by atoms with Crippen LogP contribution in [0.2, 0.25) is 0 Å². The number of hydrogen-bond acceptors (Lipinski definition) is 4. The van der Waals surface area contributed by atoms with Crippen LogP contribution in [0, 0.1) is 18.3 Å². The molecule has 7 nitrogen and oxygen atoms in total. The lowest BCUT2D eigenvalue weighted by Crippen LogP contribution is -2.44. The molecule has 1 aromatic rings. The van der Waals surface area contributed by atoms with E-state index in [0.29, 0.717) is 19.6 Å². The van der Waals surface area contributed by atoms with Gasteiger partial charge in [-0.1, -0.05) is 39.8 Å². The molecule has 1 unspecified atom stereocenters. The molecule has 7 heteroatoms. The van der Waals surface area contributed by atoms with Crippen LogP contribution in [0.4, 0.5) is 5.69 Å². The molecular weight excluding hydrogens is 394 g/mol. The molecule has 2 rings (SSSR count). The van der Waals surface area contributed by atoms with E-state index in [1.807, 2.05) is 31.2 Å². The van der Waals surface area contributed by atoms with Gasteiger partial charge in [0.1, 0.15) is 13.2 Å². The maximum absolute atomic E-state index is 12.9. The smallest absolute Gasteiger partial charge is 0.248 e. The number of hydrogen-bond donors (Lipinski definition) is 0. The maximum atomic E-state index is 12.9. The first-order valence-corrected chi connectivity index (χ1v) is 10.9. The van der Waals surface area contributed by atoms with Crippen LogP contribution in [0.1, 0.15) is 46.1 Å². The van der Waals surface area contributed by atoms with Gasteiger partial charge in [-0.15, -0.1) is 0 Å². The molecule has 1 aliphatic heterocycles. The molecule has 1 aromatic carbocycles. The number of carbonyl (C=O) groups excluding carboxylic acids is 3. The Morgan fingerprint density at radius 3 is 2.58 bits per heavy atom. The highest BCUT2D eigenvalue weighted by atomic mass is 16.5. The molecule has 0 N–H and O–H groups in total. The van der Waals surface area contributed by atoms with E-state index in [-0.39, 0.29) is 48.8 Å².